The zero-order chi connectivity index (χ0) is 17.9. The topological polar surface area (TPSA) is 67.3 Å². The molecule has 1 saturated heterocycles. The van der Waals surface area contributed by atoms with Crippen molar-refractivity contribution in [2.24, 2.45) is 5.92 Å². The number of halogens is 1. The summed E-state index contributed by atoms with van der Waals surface area (Å²) in [5.74, 6) is 1.14. The van der Waals surface area contributed by atoms with Crippen LogP contribution in [0.2, 0.25) is 5.15 Å². The van der Waals surface area contributed by atoms with Gasteiger partial charge in [0.2, 0.25) is 5.91 Å². The van der Waals surface area contributed by atoms with Crippen molar-refractivity contribution in [1.29, 1.82) is 0 Å². The maximum Gasteiger partial charge on any atom is 0.226 e. The number of thiophene rings is 1. The van der Waals surface area contributed by atoms with E-state index >= 15 is 0 Å². The zero-order valence-electron chi connectivity index (χ0n) is 14.4. The highest BCUT2D eigenvalue weighted by Gasteiger charge is 2.30. The number of amides is 1. The van der Waals surface area contributed by atoms with Crippen LogP contribution in [0.1, 0.15) is 28.8 Å². The van der Waals surface area contributed by atoms with Crippen molar-refractivity contribution in [2.45, 2.75) is 32.4 Å². The SMILES string of the molecule is O=C(C1CCOCC1)N1CCc2c(CNc3ccc(Cl)nn3)csc2C1. The van der Waals surface area contributed by atoms with Crippen LogP contribution in [0.25, 0.3) is 0 Å². The summed E-state index contributed by atoms with van der Waals surface area (Å²) >= 11 is 7.50. The van der Waals surface area contributed by atoms with Crippen LogP contribution in [0.4, 0.5) is 5.82 Å². The molecule has 1 N–H and O–H groups in total. The van der Waals surface area contributed by atoms with Crippen molar-refractivity contribution in [1.82, 2.24) is 15.1 Å². The molecule has 4 heterocycles. The van der Waals surface area contributed by atoms with Crippen molar-refractivity contribution >= 4 is 34.7 Å². The van der Waals surface area contributed by atoms with Crippen LogP contribution < -0.4 is 5.32 Å². The molecule has 2 aliphatic heterocycles. The fourth-order valence-corrected chi connectivity index (χ4v) is 4.75. The second kappa shape index (κ2) is 7.90. The second-order valence-corrected chi connectivity index (χ2v) is 8.01. The third-order valence-corrected chi connectivity index (χ3v) is 6.27. The van der Waals surface area contributed by atoms with Gasteiger partial charge in [-0.15, -0.1) is 21.5 Å². The lowest BCUT2D eigenvalue weighted by molar-refractivity contribution is -0.139. The van der Waals surface area contributed by atoms with Gasteiger partial charge in [0.15, 0.2) is 5.15 Å². The summed E-state index contributed by atoms with van der Waals surface area (Å²) in [6.45, 7) is 3.65. The molecule has 0 saturated carbocycles. The molecular weight excluding hydrogens is 372 g/mol. The van der Waals surface area contributed by atoms with Gasteiger partial charge in [0.1, 0.15) is 5.82 Å². The predicted molar refractivity (Wildman–Crippen MR) is 101 cm³/mol. The van der Waals surface area contributed by atoms with E-state index in [-0.39, 0.29) is 5.92 Å². The smallest absolute Gasteiger partial charge is 0.226 e. The number of nitrogens with zero attached hydrogens (tertiary/aromatic N) is 3. The molecule has 6 nitrogen and oxygen atoms in total. The minimum absolute atomic E-state index is 0.134. The number of carbonyl (C=O) groups excluding carboxylic acids is 1. The maximum atomic E-state index is 12.7. The lowest BCUT2D eigenvalue weighted by atomic mass is 9.96. The number of ether oxygens (including phenoxy) is 1. The van der Waals surface area contributed by atoms with E-state index in [1.165, 1.54) is 16.0 Å². The summed E-state index contributed by atoms with van der Waals surface area (Å²) in [6, 6.07) is 3.54. The molecule has 0 unspecified atom stereocenters. The molecule has 1 amide bonds. The fraction of sp³-hybridized carbons (Fsp3) is 0.500. The van der Waals surface area contributed by atoms with Gasteiger partial charge in [-0.2, -0.15) is 0 Å². The second-order valence-electron chi connectivity index (χ2n) is 6.65. The summed E-state index contributed by atoms with van der Waals surface area (Å²) in [5.41, 5.74) is 2.65. The van der Waals surface area contributed by atoms with E-state index in [1.807, 2.05) is 11.0 Å². The zero-order valence-corrected chi connectivity index (χ0v) is 16.0. The van der Waals surface area contributed by atoms with Crippen LogP contribution in [-0.2, 0) is 29.0 Å². The molecule has 2 aromatic heterocycles. The Morgan fingerprint density at radius 2 is 2.19 bits per heavy atom. The number of nitrogens with one attached hydrogen (secondary N) is 1. The molecule has 138 valence electrons. The Balaban J connectivity index is 1.38. The average molecular weight is 393 g/mol. The third-order valence-electron chi connectivity index (χ3n) is 5.01. The Morgan fingerprint density at radius 1 is 1.35 bits per heavy atom. The molecule has 4 rings (SSSR count). The fourth-order valence-electron chi connectivity index (χ4n) is 3.53. The summed E-state index contributed by atoms with van der Waals surface area (Å²) < 4.78 is 5.37. The predicted octanol–water partition coefficient (Wildman–Crippen LogP) is 3.11. The third kappa shape index (κ3) is 3.84. The quantitative estimate of drug-likeness (QED) is 0.865. The van der Waals surface area contributed by atoms with E-state index < -0.39 is 0 Å². The van der Waals surface area contributed by atoms with Gasteiger partial charge in [-0.25, -0.2) is 0 Å². The minimum atomic E-state index is 0.134. The van der Waals surface area contributed by atoms with Crippen molar-refractivity contribution in [3.8, 4) is 0 Å². The van der Waals surface area contributed by atoms with Gasteiger partial charge < -0.3 is 15.0 Å². The lowest BCUT2D eigenvalue weighted by Gasteiger charge is -2.32. The van der Waals surface area contributed by atoms with Crippen molar-refractivity contribution in [3.63, 3.8) is 0 Å². The van der Waals surface area contributed by atoms with Crippen molar-refractivity contribution in [3.05, 3.63) is 38.7 Å². The highest BCUT2D eigenvalue weighted by Crippen LogP contribution is 2.30. The minimum Gasteiger partial charge on any atom is -0.381 e. The van der Waals surface area contributed by atoms with Crippen molar-refractivity contribution < 1.29 is 9.53 Å². The van der Waals surface area contributed by atoms with Gasteiger partial charge >= 0.3 is 0 Å². The Labute approximate surface area is 161 Å². The highest BCUT2D eigenvalue weighted by atomic mass is 35.5. The largest absolute Gasteiger partial charge is 0.381 e. The van der Waals surface area contributed by atoms with E-state index in [9.17, 15) is 4.79 Å². The summed E-state index contributed by atoms with van der Waals surface area (Å²) in [5, 5.41) is 13.7. The molecule has 0 bridgehead atoms. The normalized spacial score (nSPS) is 17.8. The summed E-state index contributed by atoms with van der Waals surface area (Å²) in [7, 11) is 0. The summed E-state index contributed by atoms with van der Waals surface area (Å²) in [4.78, 5) is 16.1. The molecule has 0 spiro atoms. The number of aromatic nitrogens is 2. The Hall–Kier alpha value is -1.70. The number of carbonyl (C=O) groups is 1. The molecule has 0 aromatic carbocycles. The van der Waals surface area contributed by atoms with Gasteiger partial charge in [0.25, 0.3) is 0 Å². The van der Waals surface area contributed by atoms with Crippen LogP contribution in [0.5, 0.6) is 0 Å². The number of fused-ring (bicyclic) bond motifs is 1. The molecule has 8 heteroatoms. The Kier molecular flexibility index (Phi) is 5.38. The first-order valence-corrected chi connectivity index (χ1v) is 10.1. The number of hydrogen-bond acceptors (Lipinski definition) is 6. The van der Waals surface area contributed by atoms with Crippen molar-refractivity contribution in [2.75, 3.05) is 25.1 Å². The maximum absolute atomic E-state index is 12.7. The first-order chi connectivity index (χ1) is 12.7. The summed E-state index contributed by atoms with van der Waals surface area (Å²) in [6.07, 6.45) is 2.62. The number of rotatable bonds is 4. The average Bonchev–Trinajstić information content (AvgIpc) is 3.10. The van der Waals surface area contributed by atoms with Crippen LogP contribution in [0, 0.1) is 5.92 Å². The van der Waals surface area contributed by atoms with Gasteiger partial charge in [-0.1, -0.05) is 11.6 Å². The molecule has 1 fully saturated rings. The molecule has 26 heavy (non-hydrogen) atoms. The molecule has 0 atom stereocenters. The molecule has 2 aromatic rings. The van der Waals surface area contributed by atoms with Gasteiger partial charge in [-0.05, 0) is 47.9 Å². The number of hydrogen-bond donors (Lipinski definition) is 1. The van der Waals surface area contributed by atoms with Crippen LogP contribution in [0.3, 0.4) is 0 Å². The molecule has 0 radical (unpaired) electrons. The van der Waals surface area contributed by atoms with E-state index in [0.29, 0.717) is 36.6 Å². The van der Waals surface area contributed by atoms with E-state index in [2.05, 4.69) is 20.9 Å². The van der Waals surface area contributed by atoms with Crippen LogP contribution in [-0.4, -0.2) is 40.8 Å². The molecular formula is C18H21ClN4O2S. The lowest BCUT2D eigenvalue weighted by Crippen LogP contribution is -2.41. The van der Waals surface area contributed by atoms with Gasteiger partial charge in [0.05, 0.1) is 6.54 Å². The van der Waals surface area contributed by atoms with Crippen LogP contribution >= 0.6 is 22.9 Å². The Morgan fingerprint density at radius 3 is 2.96 bits per heavy atom. The molecule has 0 aliphatic carbocycles. The van der Waals surface area contributed by atoms with Gasteiger partial charge in [-0.3, -0.25) is 4.79 Å². The Bertz CT molecular complexity index is 774. The number of anilines is 1. The molecule has 2 aliphatic rings. The van der Waals surface area contributed by atoms with E-state index in [4.69, 9.17) is 16.3 Å². The van der Waals surface area contributed by atoms with Crippen LogP contribution in [0.15, 0.2) is 17.5 Å². The van der Waals surface area contributed by atoms with Gasteiger partial charge in [0, 0.05) is 37.1 Å². The first kappa shape index (κ1) is 17.7. The first-order valence-electron chi connectivity index (χ1n) is 8.88. The monoisotopic (exact) mass is 392 g/mol. The highest BCUT2D eigenvalue weighted by molar-refractivity contribution is 7.10. The van der Waals surface area contributed by atoms with E-state index in [0.717, 1.165) is 32.4 Å². The standard InChI is InChI=1S/C18H21ClN4O2S/c19-16-1-2-17(22-21-16)20-9-13-11-26-15-10-23(6-3-14(13)15)18(24)12-4-7-25-8-5-12/h1-2,11-12H,3-10H2,(H,20,22). The van der Waals surface area contributed by atoms with E-state index in [1.54, 1.807) is 17.4 Å².